The second kappa shape index (κ2) is 7.39. The van der Waals surface area contributed by atoms with Crippen molar-refractivity contribution in [3.63, 3.8) is 0 Å². The monoisotopic (exact) mass is 314 g/mol. The van der Waals surface area contributed by atoms with Crippen LogP contribution in [0.1, 0.15) is 11.1 Å². The Labute approximate surface area is 128 Å². The van der Waals surface area contributed by atoms with Gasteiger partial charge >= 0.3 is 0 Å². The number of nitrogens with zero attached hydrogens (tertiary/aromatic N) is 1. The van der Waals surface area contributed by atoms with Crippen molar-refractivity contribution >= 4 is 47.5 Å². The van der Waals surface area contributed by atoms with Gasteiger partial charge in [-0.3, -0.25) is 5.43 Å². The molecule has 0 aromatic heterocycles. The minimum Gasteiger partial charge on any atom is -0.279 e. The number of anilines is 1. The number of benzene rings is 2. The van der Waals surface area contributed by atoms with Gasteiger partial charge in [0, 0.05) is 0 Å². The van der Waals surface area contributed by atoms with E-state index >= 15 is 0 Å². The summed E-state index contributed by atoms with van der Waals surface area (Å²) in [5, 5.41) is 5.20. The van der Waals surface area contributed by atoms with Crippen LogP contribution in [-0.2, 0) is 0 Å². The van der Waals surface area contributed by atoms with E-state index in [0.29, 0.717) is 10.0 Å². The van der Waals surface area contributed by atoms with Crippen LogP contribution in [0.2, 0.25) is 10.0 Å². The number of halogens is 3. The first-order valence-electron chi connectivity index (χ1n) is 5.46. The molecule has 2 nitrogen and oxygen atoms in total. The van der Waals surface area contributed by atoms with E-state index in [1.807, 2.05) is 37.3 Å². The fraction of sp³-hybridized carbons (Fsp3) is 0.0714. The van der Waals surface area contributed by atoms with Crippen molar-refractivity contribution in [2.75, 3.05) is 5.43 Å². The number of rotatable bonds is 3. The summed E-state index contributed by atoms with van der Waals surface area (Å²) in [5.74, 6) is 0. The van der Waals surface area contributed by atoms with E-state index in [-0.39, 0.29) is 12.4 Å². The first-order chi connectivity index (χ1) is 8.65. The van der Waals surface area contributed by atoms with Gasteiger partial charge in [-0.2, -0.15) is 5.10 Å². The molecule has 0 unspecified atom stereocenters. The Hall–Kier alpha value is -1.22. The number of nitrogens with one attached hydrogen (secondary N) is 1. The second-order valence-corrected chi connectivity index (χ2v) is 4.72. The summed E-state index contributed by atoms with van der Waals surface area (Å²) in [6, 6.07) is 13.4. The third-order valence-corrected chi connectivity index (χ3v) is 3.14. The van der Waals surface area contributed by atoms with Crippen molar-refractivity contribution in [2.24, 2.45) is 5.10 Å². The van der Waals surface area contributed by atoms with E-state index in [1.165, 1.54) is 5.56 Å². The molecule has 0 amide bonds. The summed E-state index contributed by atoms with van der Waals surface area (Å²) < 4.78 is 0. The van der Waals surface area contributed by atoms with Crippen molar-refractivity contribution in [3.05, 3.63) is 63.6 Å². The Kier molecular flexibility index (Phi) is 6.16. The number of hydrogen-bond acceptors (Lipinski definition) is 2. The fourth-order valence-corrected chi connectivity index (χ4v) is 1.71. The van der Waals surface area contributed by atoms with Gasteiger partial charge in [0.1, 0.15) is 0 Å². The minimum atomic E-state index is 0. The van der Waals surface area contributed by atoms with Crippen LogP contribution < -0.4 is 5.43 Å². The molecule has 0 fully saturated rings. The van der Waals surface area contributed by atoms with Crippen LogP contribution in [0.15, 0.2) is 47.6 Å². The van der Waals surface area contributed by atoms with Gasteiger partial charge in [0.05, 0.1) is 21.9 Å². The van der Waals surface area contributed by atoms with Crippen LogP contribution in [0.4, 0.5) is 5.69 Å². The Balaban J connectivity index is 0.00000180. The molecule has 0 saturated carbocycles. The molecule has 0 aliphatic carbocycles. The van der Waals surface area contributed by atoms with Crippen molar-refractivity contribution in [2.45, 2.75) is 6.92 Å². The Morgan fingerprint density at radius 3 is 2.32 bits per heavy atom. The molecule has 2 rings (SSSR count). The molecule has 19 heavy (non-hydrogen) atoms. The minimum absolute atomic E-state index is 0. The molecule has 1 N–H and O–H groups in total. The zero-order valence-corrected chi connectivity index (χ0v) is 12.6. The maximum absolute atomic E-state index is 5.91. The highest BCUT2D eigenvalue weighted by molar-refractivity contribution is 6.42. The number of hydrazone groups is 1. The first kappa shape index (κ1) is 15.8. The van der Waals surface area contributed by atoms with Gasteiger partial charge in [-0.1, -0.05) is 47.0 Å². The number of aryl methyl sites for hydroxylation is 1. The molecule has 100 valence electrons. The van der Waals surface area contributed by atoms with E-state index in [0.717, 1.165) is 11.3 Å². The first-order valence-corrected chi connectivity index (χ1v) is 6.21. The quantitative estimate of drug-likeness (QED) is 0.613. The average Bonchev–Trinajstić information content (AvgIpc) is 2.36. The lowest BCUT2D eigenvalue weighted by Crippen LogP contribution is -1.90. The molecule has 0 spiro atoms. The molecule has 0 bridgehead atoms. The summed E-state index contributed by atoms with van der Waals surface area (Å²) in [5.41, 5.74) is 6.00. The van der Waals surface area contributed by atoms with Crippen LogP contribution in [-0.4, -0.2) is 6.21 Å². The molecular weight excluding hydrogens is 303 g/mol. The third-order valence-electron chi connectivity index (χ3n) is 2.40. The van der Waals surface area contributed by atoms with E-state index in [4.69, 9.17) is 23.2 Å². The second-order valence-electron chi connectivity index (χ2n) is 3.91. The Bertz CT molecular complexity index is 565. The zero-order valence-electron chi connectivity index (χ0n) is 10.2. The molecular formula is C14H13Cl3N2. The van der Waals surface area contributed by atoms with Gasteiger partial charge in [0.15, 0.2) is 0 Å². The van der Waals surface area contributed by atoms with Crippen molar-refractivity contribution in [3.8, 4) is 0 Å². The molecule has 2 aromatic carbocycles. The van der Waals surface area contributed by atoms with Crippen LogP contribution in [0, 0.1) is 6.92 Å². The Morgan fingerprint density at radius 2 is 1.68 bits per heavy atom. The average molecular weight is 316 g/mol. The van der Waals surface area contributed by atoms with E-state index in [1.54, 1.807) is 18.3 Å². The molecule has 0 saturated heterocycles. The maximum atomic E-state index is 5.91. The van der Waals surface area contributed by atoms with Crippen LogP contribution in [0.3, 0.4) is 0 Å². The molecule has 5 heteroatoms. The Morgan fingerprint density at radius 1 is 1.00 bits per heavy atom. The lowest BCUT2D eigenvalue weighted by atomic mass is 10.2. The van der Waals surface area contributed by atoms with E-state index in [9.17, 15) is 0 Å². The predicted molar refractivity (Wildman–Crippen MR) is 86.1 cm³/mol. The van der Waals surface area contributed by atoms with Crippen molar-refractivity contribution < 1.29 is 0 Å². The normalized spacial score (nSPS) is 10.3. The summed E-state index contributed by atoms with van der Waals surface area (Å²) in [6.07, 6.45) is 1.70. The molecule has 0 atom stereocenters. The SMILES string of the molecule is Cc1ccc(NN=Cc2ccc(Cl)c(Cl)c2)cc1.Cl. The molecule has 0 aliphatic heterocycles. The van der Waals surface area contributed by atoms with E-state index in [2.05, 4.69) is 10.5 Å². The zero-order chi connectivity index (χ0) is 13.0. The standard InChI is InChI=1S/C14H12Cl2N2.ClH/c1-10-2-5-12(6-3-10)18-17-9-11-4-7-13(15)14(16)8-11;/h2-9,18H,1H3;1H. The largest absolute Gasteiger partial charge is 0.279 e. The predicted octanol–water partition coefficient (Wildman–Crippen LogP) is 5.17. The summed E-state index contributed by atoms with van der Waals surface area (Å²) in [7, 11) is 0. The summed E-state index contributed by atoms with van der Waals surface area (Å²) in [6.45, 7) is 2.04. The lowest BCUT2D eigenvalue weighted by molar-refractivity contribution is 1.34. The van der Waals surface area contributed by atoms with Gasteiger partial charge in [-0.25, -0.2) is 0 Å². The molecule has 2 aromatic rings. The van der Waals surface area contributed by atoms with Crippen molar-refractivity contribution in [1.82, 2.24) is 0 Å². The fourth-order valence-electron chi connectivity index (χ4n) is 1.40. The smallest absolute Gasteiger partial charge is 0.0598 e. The highest BCUT2D eigenvalue weighted by Crippen LogP contribution is 2.21. The highest BCUT2D eigenvalue weighted by Gasteiger charge is 1.96. The van der Waals surface area contributed by atoms with Gasteiger partial charge in [0.25, 0.3) is 0 Å². The summed E-state index contributed by atoms with van der Waals surface area (Å²) in [4.78, 5) is 0. The molecule has 0 radical (unpaired) electrons. The van der Waals surface area contributed by atoms with Crippen LogP contribution in [0.5, 0.6) is 0 Å². The highest BCUT2D eigenvalue weighted by atomic mass is 35.5. The molecule has 0 aliphatic rings. The number of hydrogen-bond donors (Lipinski definition) is 1. The van der Waals surface area contributed by atoms with E-state index < -0.39 is 0 Å². The van der Waals surface area contributed by atoms with Gasteiger partial charge in [-0.15, -0.1) is 12.4 Å². The van der Waals surface area contributed by atoms with Crippen LogP contribution in [0.25, 0.3) is 0 Å². The lowest BCUT2D eigenvalue weighted by Gasteiger charge is -2.01. The summed E-state index contributed by atoms with van der Waals surface area (Å²) >= 11 is 11.7. The van der Waals surface area contributed by atoms with Crippen LogP contribution >= 0.6 is 35.6 Å². The van der Waals surface area contributed by atoms with Gasteiger partial charge < -0.3 is 0 Å². The molecule has 0 heterocycles. The third kappa shape index (κ3) is 4.75. The topological polar surface area (TPSA) is 24.4 Å². The van der Waals surface area contributed by atoms with Crippen molar-refractivity contribution in [1.29, 1.82) is 0 Å². The van der Waals surface area contributed by atoms with Gasteiger partial charge in [-0.05, 0) is 36.8 Å². The maximum Gasteiger partial charge on any atom is 0.0598 e. The van der Waals surface area contributed by atoms with Gasteiger partial charge in [0.2, 0.25) is 0 Å².